The van der Waals surface area contributed by atoms with E-state index in [0.29, 0.717) is 23.3 Å². The first-order valence-electron chi connectivity index (χ1n) is 9.49. The van der Waals surface area contributed by atoms with Crippen LogP contribution in [0.15, 0.2) is 22.7 Å². The third kappa shape index (κ3) is 4.56. The first-order valence-corrected chi connectivity index (χ1v) is 9.87. The number of nitrogens with zero attached hydrogens (tertiary/aromatic N) is 5. The monoisotopic (exact) mass is 415 g/mol. The van der Waals surface area contributed by atoms with Crippen molar-refractivity contribution in [2.24, 2.45) is 0 Å². The molecule has 0 saturated heterocycles. The SMILES string of the molecule is CC(=O)N(Cc1cc(C(C)C)no1)c1nc(Cl)cc(Nc2cc(C3CC3)[nH]n2)n1. The molecule has 0 unspecified atom stereocenters. The van der Waals surface area contributed by atoms with Crippen LogP contribution < -0.4 is 10.2 Å². The van der Waals surface area contributed by atoms with Crippen molar-refractivity contribution in [2.75, 3.05) is 10.2 Å². The largest absolute Gasteiger partial charge is 0.359 e. The van der Waals surface area contributed by atoms with Crippen molar-refractivity contribution < 1.29 is 9.32 Å². The molecule has 3 aromatic heterocycles. The number of rotatable bonds is 7. The molecule has 1 saturated carbocycles. The van der Waals surface area contributed by atoms with Gasteiger partial charge in [-0.1, -0.05) is 30.6 Å². The van der Waals surface area contributed by atoms with E-state index in [1.807, 2.05) is 26.0 Å². The maximum atomic E-state index is 12.3. The molecule has 0 bridgehead atoms. The highest BCUT2D eigenvalue weighted by Crippen LogP contribution is 2.39. The lowest BCUT2D eigenvalue weighted by Gasteiger charge is -2.18. The number of carbonyl (C=O) groups is 1. The van der Waals surface area contributed by atoms with Gasteiger partial charge in [0.05, 0.1) is 12.2 Å². The number of anilines is 3. The predicted molar refractivity (Wildman–Crippen MR) is 108 cm³/mol. The molecular weight excluding hydrogens is 394 g/mol. The van der Waals surface area contributed by atoms with E-state index in [1.54, 1.807) is 6.07 Å². The Morgan fingerprint density at radius 1 is 1.31 bits per heavy atom. The highest BCUT2D eigenvalue weighted by Gasteiger charge is 2.26. The molecule has 0 aliphatic heterocycles. The van der Waals surface area contributed by atoms with Crippen molar-refractivity contribution in [1.29, 1.82) is 0 Å². The van der Waals surface area contributed by atoms with Crippen molar-refractivity contribution in [3.05, 3.63) is 40.5 Å². The standard InChI is InChI=1S/C19H22ClN7O2/c1-10(2)14-6-13(29-26-14)9-27(11(3)28)19-21-16(20)8-17(23-19)22-18-7-15(24-25-18)12-4-5-12/h6-8,10,12H,4-5,9H2,1-3H3,(H2,21,22,23,24,25). The summed E-state index contributed by atoms with van der Waals surface area (Å²) in [5, 5.41) is 14.6. The van der Waals surface area contributed by atoms with Gasteiger partial charge in [0, 0.05) is 36.7 Å². The van der Waals surface area contributed by atoms with Gasteiger partial charge in [-0.3, -0.25) is 14.8 Å². The third-order valence-electron chi connectivity index (χ3n) is 4.66. The summed E-state index contributed by atoms with van der Waals surface area (Å²) in [6, 6.07) is 5.37. The summed E-state index contributed by atoms with van der Waals surface area (Å²) in [5.41, 5.74) is 1.92. The van der Waals surface area contributed by atoms with Gasteiger partial charge in [-0.15, -0.1) is 0 Å². The molecule has 0 aromatic carbocycles. The van der Waals surface area contributed by atoms with Crippen molar-refractivity contribution in [3.63, 3.8) is 0 Å². The molecule has 1 aliphatic carbocycles. The smallest absolute Gasteiger partial charge is 0.235 e. The minimum Gasteiger partial charge on any atom is -0.359 e. The van der Waals surface area contributed by atoms with Crippen LogP contribution in [-0.2, 0) is 11.3 Å². The van der Waals surface area contributed by atoms with E-state index in [0.717, 1.165) is 11.4 Å². The second-order valence-electron chi connectivity index (χ2n) is 7.46. The van der Waals surface area contributed by atoms with E-state index < -0.39 is 0 Å². The molecule has 0 atom stereocenters. The van der Waals surface area contributed by atoms with Gasteiger partial charge in [0.1, 0.15) is 11.0 Å². The summed E-state index contributed by atoms with van der Waals surface area (Å²) in [5.74, 6) is 2.35. The molecule has 0 radical (unpaired) electrons. The van der Waals surface area contributed by atoms with E-state index >= 15 is 0 Å². The van der Waals surface area contributed by atoms with Crippen molar-refractivity contribution in [2.45, 2.75) is 52.0 Å². The van der Waals surface area contributed by atoms with Gasteiger partial charge in [0.15, 0.2) is 11.6 Å². The number of nitrogens with one attached hydrogen (secondary N) is 2. The summed E-state index contributed by atoms with van der Waals surface area (Å²) in [6.45, 7) is 5.63. The van der Waals surface area contributed by atoms with Crippen molar-refractivity contribution in [1.82, 2.24) is 25.3 Å². The third-order valence-corrected chi connectivity index (χ3v) is 4.85. The van der Waals surface area contributed by atoms with Crippen LogP contribution in [0, 0.1) is 0 Å². The predicted octanol–water partition coefficient (Wildman–Crippen LogP) is 4.14. The number of carbonyl (C=O) groups excluding carboxylic acids is 1. The Morgan fingerprint density at radius 3 is 2.76 bits per heavy atom. The van der Waals surface area contributed by atoms with Crippen LogP contribution >= 0.6 is 11.6 Å². The van der Waals surface area contributed by atoms with Crippen LogP contribution in [0.25, 0.3) is 0 Å². The lowest BCUT2D eigenvalue weighted by molar-refractivity contribution is -0.116. The number of H-pyrrole nitrogens is 1. The van der Waals surface area contributed by atoms with Crippen LogP contribution in [0.5, 0.6) is 0 Å². The fourth-order valence-electron chi connectivity index (χ4n) is 2.88. The number of hydrogen-bond acceptors (Lipinski definition) is 7. The molecule has 1 aliphatic rings. The van der Waals surface area contributed by atoms with E-state index in [2.05, 4.69) is 30.6 Å². The minimum absolute atomic E-state index is 0.156. The molecule has 4 rings (SSSR count). The quantitative estimate of drug-likeness (QED) is 0.557. The van der Waals surface area contributed by atoms with Crippen LogP contribution in [-0.4, -0.2) is 31.2 Å². The number of hydrogen-bond donors (Lipinski definition) is 2. The first kappa shape index (κ1) is 19.4. The minimum atomic E-state index is -0.239. The van der Waals surface area contributed by atoms with Crippen LogP contribution in [0.3, 0.4) is 0 Å². The lowest BCUT2D eigenvalue weighted by Crippen LogP contribution is -2.29. The highest BCUT2D eigenvalue weighted by atomic mass is 35.5. The van der Waals surface area contributed by atoms with E-state index in [1.165, 1.54) is 24.7 Å². The Hall–Kier alpha value is -2.94. The molecule has 3 aromatic rings. The van der Waals surface area contributed by atoms with Crippen molar-refractivity contribution in [3.8, 4) is 0 Å². The van der Waals surface area contributed by atoms with Crippen LogP contribution in [0.2, 0.25) is 5.15 Å². The topological polar surface area (TPSA) is 113 Å². The number of aromatic nitrogens is 5. The number of halogens is 1. The highest BCUT2D eigenvalue weighted by molar-refractivity contribution is 6.29. The molecule has 0 spiro atoms. The second kappa shape index (κ2) is 7.82. The van der Waals surface area contributed by atoms with E-state index in [4.69, 9.17) is 16.1 Å². The first-order chi connectivity index (χ1) is 13.9. The average Bonchev–Trinajstić information content (AvgIpc) is 3.21. The zero-order chi connectivity index (χ0) is 20.5. The summed E-state index contributed by atoms with van der Waals surface area (Å²) in [7, 11) is 0. The molecule has 10 heteroatoms. The van der Waals surface area contributed by atoms with Gasteiger partial charge in [0.2, 0.25) is 11.9 Å². The normalized spacial score (nSPS) is 13.7. The molecule has 9 nitrogen and oxygen atoms in total. The Labute approximate surface area is 172 Å². The molecule has 2 N–H and O–H groups in total. The summed E-state index contributed by atoms with van der Waals surface area (Å²) < 4.78 is 5.35. The number of amides is 1. The van der Waals surface area contributed by atoms with Gasteiger partial charge in [-0.2, -0.15) is 10.1 Å². The zero-order valence-corrected chi connectivity index (χ0v) is 17.2. The fourth-order valence-corrected chi connectivity index (χ4v) is 3.06. The zero-order valence-electron chi connectivity index (χ0n) is 16.4. The summed E-state index contributed by atoms with van der Waals surface area (Å²) in [6.07, 6.45) is 2.36. The van der Waals surface area contributed by atoms with Crippen molar-refractivity contribution >= 4 is 35.1 Å². The molecule has 1 amide bonds. The van der Waals surface area contributed by atoms with Gasteiger partial charge in [-0.25, -0.2) is 4.98 Å². The van der Waals surface area contributed by atoms with Gasteiger partial charge in [-0.05, 0) is 18.8 Å². The maximum Gasteiger partial charge on any atom is 0.235 e. The maximum absolute atomic E-state index is 12.3. The molecule has 152 valence electrons. The van der Waals surface area contributed by atoms with Crippen LogP contribution in [0.4, 0.5) is 17.6 Å². The Morgan fingerprint density at radius 2 is 2.10 bits per heavy atom. The molecular formula is C19H22ClN7O2. The second-order valence-corrected chi connectivity index (χ2v) is 7.85. The Kier molecular flexibility index (Phi) is 5.23. The number of aromatic amines is 1. The summed E-state index contributed by atoms with van der Waals surface area (Å²) in [4.78, 5) is 22.3. The molecule has 29 heavy (non-hydrogen) atoms. The van der Waals surface area contributed by atoms with E-state index in [-0.39, 0.29) is 29.5 Å². The fraction of sp³-hybridized carbons (Fsp3) is 0.421. The molecule has 1 fully saturated rings. The molecule has 3 heterocycles. The average molecular weight is 416 g/mol. The van der Waals surface area contributed by atoms with Gasteiger partial charge in [0.25, 0.3) is 0 Å². The Balaban J connectivity index is 1.56. The Bertz CT molecular complexity index is 1030. The van der Waals surface area contributed by atoms with Gasteiger partial charge < -0.3 is 9.84 Å². The lowest BCUT2D eigenvalue weighted by atomic mass is 10.1. The summed E-state index contributed by atoms with van der Waals surface area (Å²) >= 11 is 6.19. The van der Waals surface area contributed by atoms with E-state index in [9.17, 15) is 4.79 Å². The van der Waals surface area contributed by atoms with Crippen LogP contribution in [0.1, 0.15) is 62.6 Å². The van der Waals surface area contributed by atoms with Gasteiger partial charge >= 0.3 is 0 Å².